The molecular weight excluding hydrogens is 596 g/mol. The SMILES string of the molecule is C/C(=C\C(C)C)[C@H]1O[14C@@]2([14CH2][14C@@H]3[14CH2][14C@@H]([14CH2]/[14CH]=C(\C)C[C@@H](C)/C=[14CH]/[14CH]=C4\CO[14CH]5[14C@H](O)[14C](C)=[14CH][14C@@H]([14C](=O)O3)[C@]45O)O2)[14CH2][14C@H](O)[14C@@H]1C. The second-order valence-electron chi connectivity index (χ2n) is 14.4. The number of ether oxygens (including phenoxy) is 4. The molecular formula is C36H52O8. The number of hydrogen-bond donors (Lipinski definition) is 3. The summed E-state index contributed by atoms with van der Waals surface area (Å²) in [6.45, 7) is 14.4. The molecule has 0 amide bonds. The molecule has 8 nitrogen and oxygen atoms in total. The van der Waals surface area contributed by atoms with Crippen molar-refractivity contribution in [3.8, 4) is 0 Å². The first kappa shape index (κ1) is 33.3. The monoisotopic (exact) mass is 648 g/mol. The zero-order chi connectivity index (χ0) is 32.0. The van der Waals surface area contributed by atoms with E-state index in [0.717, 1.165) is 12.0 Å². The average molecular weight is 649 g/mol. The van der Waals surface area contributed by atoms with Gasteiger partial charge < -0.3 is 34.3 Å². The molecule has 3 N–H and O–H groups in total. The maximum atomic E-state index is 14.0. The van der Waals surface area contributed by atoms with Crippen molar-refractivity contribution in [2.45, 2.75) is 129 Å². The van der Waals surface area contributed by atoms with E-state index in [1.165, 1.54) is 5.57 Å². The van der Waals surface area contributed by atoms with E-state index in [1.807, 2.05) is 26.0 Å². The second kappa shape index (κ2) is 13.0. The van der Waals surface area contributed by atoms with Crippen LogP contribution in [0.4, 0.5) is 0 Å². The smallest absolute Gasteiger partial charge is 0.316 e. The van der Waals surface area contributed by atoms with Crippen LogP contribution in [0.5, 0.6) is 0 Å². The van der Waals surface area contributed by atoms with Gasteiger partial charge >= 0.3 is 5.97 Å². The summed E-state index contributed by atoms with van der Waals surface area (Å²) in [4.78, 5) is 14.0. The number of aliphatic hydroxyl groups is 3. The predicted octanol–water partition coefficient (Wildman–Crippen LogP) is 5.09. The van der Waals surface area contributed by atoms with Crippen molar-refractivity contribution >= 4 is 5.97 Å². The Labute approximate surface area is 262 Å². The quantitative estimate of drug-likeness (QED) is 0.281. The van der Waals surface area contributed by atoms with Gasteiger partial charge in [-0.15, -0.1) is 0 Å². The van der Waals surface area contributed by atoms with Crippen molar-refractivity contribution < 1.29 is 39.1 Å². The Kier molecular flexibility index (Phi) is 9.82. The van der Waals surface area contributed by atoms with Crippen molar-refractivity contribution in [1.29, 1.82) is 0 Å². The van der Waals surface area contributed by atoms with Crippen molar-refractivity contribution in [1.82, 2.24) is 0 Å². The molecule has 0 radical (unpaired) electrons. The van der Waals surface area contributed by atoms with E-state index in [4.69, 9.17) is 18.9 Å². The summed E-state index contributed by atoms with van der Waals surface area (Å²) in [6.07, 6.45) is 10.4. The Morgan fingerprint density at radius 3 is 2.77 bits per heavy atom. The Hall–Kier alpha value is -2.07. The number of fused-ring (bicyclic) bond motifs is 2. The topological polar surface area (TPSA) is 115 Å². The summed E-state index contributed by atoms with van der Waals surface area (Å²) in [5, 5.41) is 34.3. The van der Waals surface area contributed by atoms with Crippen LogP contribution in [0.1, 0.15) is 80.6 Å². The van der Waals surface area contributed by atoms with Gasteiger partial charge in [-0.1, -0.05) is 69.7 Å². The van der Waals surface area contributed by atoms with E-state index < -0.39 is 47.7 Å². The number of aliphatic hydroxyl groups excluding tert-OH is 2. The van der Waals surface area contributed by atoms with E-state index >= 15 is 0 Å². The molecule has 0 aromatic carbocycles. The summed E-state index contributed by atoms with van der Waals surface area (Å²) in [5.41, 5.74) is 1.64. The number of rotatable bonds is 2. The van der Waals surface area contributed by atoms with Crippen LogP contribution >= 0.6 is 0 Å². The molecule has 4 aliphatic heterocycles. The van der Waals surface area contributed by atoms with Crippen LogP contribution in [0.25, 0.3) is 0 Å². The summed E-state index contributed by atoms with van der Waals surface area (Å²) in [6, 6.07) is 0. The van der Waals surface area contributed by atoms with Gasteiger partial charge in [-0.25, -0.2) is 0 Å². The Morgan fingerprint density at radius 1 is 1.30 bits per heavy atom. The van der Waals surface area contributed by atoms with Crippen LogP contribution in [0.2, 0.25) is 0 Å². The van der Waals surface area contributed by atoms with E-state index in [1.54, 1.807) is 13.0 Å². The third-order valence-corrected chi connectivity index (χ3v) is 10.1. The first-order valence-electron chi connectivity index (χ1n) is 16.4. The molecule has 244 valence electrons. The van der Waals surface area contributed by atoms with Crippen LogP contribution in [0.3, 0.4) is 0 Å². The number of esters is 1. The van der Waals surface area contributed by atoms with Gasteiger partial charge in [0.15, 0.2) is 5.79 Å². The molecule has 11 atom stereocenters. The average Bonchev–Trinajstić information content (AvgIpc) is 3.27. The minimum absolute atomic E-state index is 0.109. The molecule has 1 spiro atoms. The minimum atomic E-state index is -1.74. The summed E-state index contributed by atoms with van der Waals surface area (Å²) in [7, 11) is 0. The number of hydrogen-bond acceptors (Lipinski definition) is 8. The first-order valence-corrected chi connectivity index (χ1v) is 16.4. The normalized spacial score (nSPS) is 46.8. The fourth-order valence-electron chi connectivity index (χ4n) is 7.85. The van der Waals surface area contributed by atoms with Crippen LogP contribution in [0.15, 0.2) is 58.7 Å². The van der Waals surface area contributed by atoms with Crippen molar-refractivity contribution in [3.05, 3.63) is 58.7 Å². The molecule has 44 heavy (non-hydrogen) atoms. The molecule has 0 saturated carbocycles. The fraction of sp³-hybridized carbons (Fsp3) is 0.694. The highest BCUT2D eigenvalue weighted by molar-refractivity contribution is 5.78. The van der Waals surface area contributed by atoms with Gasteiger partial charge in [0.1, 0.15) is 29.8 Å². The molecule has 5 rings (SSSR count). The molecule has 4 heterocycles. The molecule has 2 bridgehead atoms. The van der Waals surface area contributed by atoms with Gasteiger partial charge in [0, 0.05) is 25.2 Å². The third-order valence-electron chi connectivity index (χ3n) is 10.1. The maximum Gasteiger partial charge on any atom is 0.316 e. The number of carbonyl (C=O) groups is 1. The lowest BCUT2D eigenvalue weighted by Crippen LogP contribution is -2.59. The van der Waals surface area contributed by atoms with E-state index in [0.29, 0.717) is 29.9 Å². The van der Waals surface area contributed by atoms with Crippen LogP contribution in [-0.2, 0) is 23.7 Å². The third kappa shape index (κ3) is 6.58. The predicted molar refractivity (Wildman–Crippen MR) is 167 cm³/mol. The molecule has 8 heteroatoms. The molecule has 3 saturated heterocycles. The van der Waals surface area contributed by atoms with Crippen LogP contribution in [-0.4, -0.2) is 75.9 Å². The lowest BCUT2D eigenvalue weighted by atomic mass is 10.1. The molecule has 1 unspecified atom stereocenters. The maximum absolute atomic E-state index is 14.0. The van der Waals surface area contributed by atoms with Gasteiger partial charge in [-0.2, -0.15) is 0 Å². The van der Waals surface area contributed by atoms with Gasteiger partial charge in [0.2, 0.25) is 0 Å². The van der Waals surface area contributed by atoms with Crippen molar-refractivity contribution in [3.63, 3.8) is 0 Å². The zero-order valence-electron chi connectivity index (χ0n) is 27.4. The highest BCUT2D eigenvalue weighted by atomic mass is 17.2. The standard InChI is InChI=1S/C36H52O8/c1-20(2)13-24(6)32-25(7)30(37)18-35(44-32)17-28-16-27(43-35)12-11-22(4)14-21(3)9-8-10-26-19-41-33-31(38)23(5)15-29(34(39)42-28)36(26,33)40/h8-11,13,15,20-21,25,27-33,37-38,40H,12,14,16-19H2,1-7H3/b9-8+,22-11+,24-13+,26-10+/t21-,25-,27+,28-,29-,30-,31+,32+,33?,35-,36+/m0/s1/i8+2,10+2,11+2,12+2,15+2,16+2,17+2,18+2,23+2,25+2,27+2,28+2,29+2,30+2,31+2,33+2,34+2,35+2. The molecule has 0 aromatic rings. The Bertz CT molecular complexity index is 1240. The van der Waals surface area contributed by atoms with E-state index in [2.05, 4.69) is 45.9 Å². The zero-order valence-corrected chi connectivity index (χ0v) is 27.4. The summed E-state index contributed by atoms with van der Waals surface area (Å²) in [5.74, 6) is -2.31. The second-order valence-corrected chi connectivity index (χ2v) is 14.4. The van der Waals surface area contributed by atoms with Gasteiger partial charge in [0.25, 0.3) is 0 Å². The van der Waals surface area contributed by atoms with Crippen LogP contribution in [0, 0.1) is 23.7 Å². The van der Waals surface area contributed by atoms with E-state index in [-0.39, 0.29) is 43.5 Å². The van der Waals surface area contributed by atoms with Crippen molar-refractivity contribution in [2.24, 2.45) is 23.7 Å². The fourth-order valence-corrected chi connectivity index (χ4v) is 7.85. The molecule has 0 aromatic heterocycles. The van der Waals surface area contributed by atoms with Gasteiger partial charge in [0.05, 0.1) is 24.9 Å². The summed E-state index contributed by atoms with van der Waals surface area (Å²) >= 11 is 0. The lowest BCUT2D eigenvalue weighted by molar-refractivity contribution is -0.342. The number of allylic oxidation sites excluding steroid dienone is 5. The van der Waals surface area contributed by atoms with Crippen molar-refractivity contribution in [2.75, 3.05) is 6.61 Å². The Morgan fingerprint density at radius 2 is 2.05 bits per heavy atom. The Balaban J connectivity index is 1.52. The highest BCUT2D eigenvalue weighted by Gasteiger charge is 2.60. The lowest BCUT2D eigenvalue weighted by Gasteiger charge is -2.51. The minimum Gasteiger partial charge on any atom is -0.462 e. The van der Waals surface area contributed by atoms with E-state index in [9.17, 15) is 20.1 Å². The molecule has 1 aliphatic carbocycles. The van der Waals surface area contributed by atoms with Gasteiger partial charge in [-0.05, 0) is 62.2 Å². The number of carbonyl (C=O) groups excluding carboxylic acids is 1. The summed E-state index contributed by atoms with van der Waals surface area (Å²) < 4.78 is 25.7. The first-order chi connectivity index (χ1) is 20.7. The largest absolute Gasteiger partial charge is 0.462 e. The molecule has 5 aliphatic rings. The molecule has 3 fully saturated rings. The van der Waals surface area contributed by atoms with Crippen LogP contribution < -0.4 is 0 Å². The highest BCUT2D eigenvalue weighted by Crippen LogP contribution is 2.47. The van der Waals surface area contributed by atoms with Gasteiger partial charge in [-0.3, -0.25) is 4.79 Å².